The third kappa shape index (κ3) is 2.61. The zero-order valence-corrected chi connectivity index (χ0v) is 12.2. The Morgan fingerprint density at radius 2 is 2.43 bits per heavy atom. The van der Waals surface area contributed by atoms with Gasteiger partial charge in [-0.3, -0.25) is 10.2 Å². The van der Waals surface area contributed by atoms with E-state index in [0.29, 0.717) is 12.3 Å². The fraction of sp³-hybridized carbons (Fsp3) is 0.143. The van der Waals surface area contributed by atoms with Crippen molar-refractivity contribution in [2.45, 2.75) is 13.5 Å². The molecule has 0 spiro atoms. The van der Waals surface area contributed by atoms with E-state index in [9.17, 15) is 4.79 Å². The maximum absolute atomic E-state index is 11.6. The smallest absolute Gasteiger partial charge is 0.301 e. The highest BCUT2D eigenvalue weighted by molar-refractivity contribution is 7.13. The van der Waals surface area contributed by atoms with Gasteiger partial charge in [0.15, 0.2) is 5.76 Å². The molecule has 0 unspecified atom stereocenters. The lowest BCUT2D eigenvalue weighted by atomic mass is 10.2. The number of aromatic nitrogens is 2. The molecule has 6 nitrogen and oxygen atoms in total. The summed E-state index contributed by atoms with van der Waals surface area (Å²) in [6, 6.07) is 5.84. The molecule has 1 amide bonds. The van der Waals surface area contributed by atoms with Crippen molar-refractivity contribution in [3.05, 3.63) is 53.1 Å². The number of furan rings is 1. The Morgan fingerprint density at radius 1 is 1.57 bits per heavy atom. The number of hydrazine groups is 1. The van der Waals surface area contributed by atoms with Crippen LogP contribution in [0.1, 0.15) is 21.9 Å². The molecule has 3 aromatic heterocycles. The number of nitrogens with zero attached hydrogens (tertiary/aromatic N) is 2. The molecule has 0 aliphatic rings. The molecule has 0 saturated heterocycles. The second-order valence-electron chi connectivity index (χ2n) is 4.55. The van der Waals surface area contributed by atoms with Crippen LogP contribution in [0, 0.1) is 6.92 Å². The van der Waals surface area contributed by atoms with E-state index < -0.39 is 5.91 Å². The number of thiophene rings is 1. The quantitative estimate of drug-likeness (QED) is 0.439. The van der Waals surface area contributed by atoms with Crippen molar-refractivity contribution >= 4 is 17.2 Å². The van der Waals surface area contributed by atoms with Gasteiger partial charge in [0.2, 0.25) is 0 Å². The first-order chi connectivity index (χ1) is 10.2. The van der Waals surface area contributed by atoms with Crippen molar-refractivity contribution in [2.75, 3.05) is 0 Å². The van der Waals surface area contributed by atoms with Crippen molar-refractivity contribution in [3.63, 3.8) is 0 Å². The van der Waals surface area contributed by atoms with Crippen molar-refractivity contribution in [3.8, 4) is 10.7 Å². The van der Waals surface area contributed by atoms with Crippen LogP contribution in [0.15, 0.2) is 40.4 Å². The molecule has 21 heavy (non-hydrogen) atoms. The number of nitrogen functional groups attached to an aromatic ring is 1. The third-order valence-corrected chi connectivity index (χ3v) is 3.96. The van der Waals surface area contributed by atoms with Crippen molar-refractivity contribution in [2.24, 2.45) is 5.84 Å². The lowest BCUT2D eigenvalue weighted by Crippen LogP contribution is -2.30. The van der Waals surface area contributed by atoms with Crippen LogP contribution in [0.2, 0.25) is 0 Å². The molecule has 0 fully saturated rings. The number of amides is 1. The molecule has 0 aliphatic carbocycles. The fourth-order valence-corrected chi connectivity index (χ4v) is 2.89. The maximum atomic E-state index is 11.6. The van der Waals surface area contributed by atoms with Crippen LogP contribution in [-0.4, -0.2) is 15.5 Å². The molecule has 0 bridgehead atoms. The Labute approximate surface area is 125 Å². The van der Waals surface area contributed by atoms with Gasteiger partial charge in [0.1, 0.15) is 11.6 Å². The van der Waals surface area contributed by atoms with Gasteiger partial charge in [-0.1, -0.05) is 6.07 Å². The molecule has 0 aromatic carbocycles. The van der Waals surface area contributed by atoms with Gasteiger partial charge in [0.25, 0.3) is 0 Å². The Balaban J connectivity index is 1.88. The fourth-order valence-electron chi connectivity index (χ4n) is 2.15. The van der Waals surface area contributed by atoms with E-state index in [-0.39, 0.29) is 5.76 Å². The van der Waals surface area contributed by atoms with Crippen LogP contribution < -0.4 is 11.3 Å². The molecule has 3 rings (SSSR count). The maximum Gasteiger partial charge on any atom is 0.301 e. The summed E-state index contributed by atoms with van der Waals surface area (Å²) in [7, 11) is 0. The molecule has 7 heteroatoms. The SMILES string of the molecule is Cc1cc(Cn2ccnc2-c2cccs2)oc1C(=O)NN. The molecule has 0 saturated carbocycles. The third-order valence-electron chi connectivity index (χ3n) is 3.09. The van der Waals surface area contributed by atoms with Crippen molar-refractivity contribution < 1.29 is 9.21 Å². The van der Waals surface area contributed by atoms with Gasteiger partial charge >= 0.3 is 5.91 Å². The van der Waals surface area contributed by atoms with Gasteiger partial charge in [0.05, 0.1) is 11.4 Å². The van der Waals surface area contributed by atoms with Gasteiger partial charge < -0.3 is 8.98 Å². The van der Waals surface area contributed by atoms with E-state index >= 15 is 0 Å². The average Bonchev–Trinajstić information content (AvgIpc) is 3.18. The highest BCUT2D eigenvalue weighted by atomic mass is 32.1. The van der Waals surface area contributed by atoms with E-state index in [4.69, 9.17) is 10.3 Å². The summed E-state index contributed by atoms with van der Waals surface area (Å²) in [5.74, 6) is 6.51. The summed E-state index contributed by atoms with van der Waals surface area (Å²) in [5, 5.41) is 2.01. The van der Waals surface area contributed by atoms with Gasteiger partial charge in [-0.15, -0.1) is 11.3 Å². The number of nitrogens with one attached hydrogen (secondary N) is 1. The standard InChI is InChI=1S/C14H14N4O2S/c1-9-7-10(20-12(9)14(19)17-15)8-18-5-4-16-13(18)11-3-2-6-21-11/h2-7H,8,15H2,1H3,(H,17,19). The van der Waals surface area contributed by atoms with E-state index in [1.807, 2.05) is 41.3 Å². The summed E-state index contributed by atoms with van der Waals surface area (Å²) in [6.45, 7) is 2.32. The second kappa shape index (κ2) is 5.55. The number of imidazole rings is 1. The number of hydrogen-bond donors (Lipinski definition) is 2. The molecule has 0 radical (unpaired) electrons. The highest BCUT2D eigenvalue weighted by Crippen LogP contribution is 2.24. The topological polar surface area (TPSA) is 86.1 Å². The lowest BCUT2D eigenvalue weighted by Gasteiger charge is -2.04. The van der Waals surface area contributed by atoms with Gasteiger partial charge in [-0.05, 0) is 24.4 Å². The number of carbonyl (C=O) groups is 1. The van der Waals surface area contributed by atoms with Gasteiger partial charge in [-0.25, -0.2) is 10.8 Å². The number of hydrogen-bond acceptors (Lipinski definition) is 5. The number of carbonyl (C=O) groups excluding carboxylic acids is 1. The van der Waals surface area contributed by atoms with Crippen LogP contribution in [0.25, 0.3) is 10.7 Å². The molecule has 108 valence electrons. The number of rotatable bonds is 4. The van der Waals surface area contributed by atoms with Crippen molar-refractivity contribution in [1.82, 2.24) is 15.0 Å². The first-order valence-electron chi connectivity index (χ1n) is 6.34. The monoisotopic (exact) mass is 302 g/mol. The second-order valence-corrected chi connectivity index (χ2v) is 5.50. The minimum atomic E-state index is -0.428. The molecule has 3 N–H and O–H groups in total. The van der Waals surface area contributed by atoms with E-state index in [0.717, 1.165) is 16.3 Å². The summed E-state index contributed by atoms with van der Waals surface area (Å²) in [6.07, 6.45) is 3.63. The predicted molar refractivity (Wildman–Crippen MR) is 79.7 cm³/mol. The number of nitrogens with two attached hydrogens (primary N) is 1. The van der Waals surface area contributed by atoms with Gasteiger partial charge in [-0.2, -0.15) is 0 Å². The van der Waals surface area contributed by atoms with E-state index in [1.165, 1.54) is 0 Å². The zero-order chi connectivity index (χ0) is 14.8. The normalized spacial score (nSPS) is 10.8. The average molecular weight is 302 g/mol. The zero-order valence-electron chi connectivity index (χ0n) is 11.4. The Hall–Kier alpha value is -2.38. The Kier molecular flexibility index (Phi) is 3.59. The van der Waals surface area contributed by atoms with Crippen LogP contribution in [0.5, 0.6) is 0 Å². The molecule has 0 aliphatic heterocycles. The van der Waals surface area contributed by atoms with Crippen LogP contribution in [0.4, 0.5) is 0 Å². The lowest BCUT2D eigenvalue weighted by molar-refractivity contribution is 0.0923. The summed E-state index contributed by atoms with van der Waals surface area (Å²) < 4.78 is 7.56. The molecule has 3 aromatic rings. The van der Waals surface area contributed by atoms with Crippen LogP contribution >= 0.6 is 11.3 Å². The summed E-state index contributed by atoms with van der Waals surface area (Å²) >= 11 is 1.63. The molecule has 3 heterocycles. The van der Waals surface area contributed by atoms with Crippen LogP contribution in [-0.2, 0) is 6.54 Å². The Morgan fingerprint density at radius 3 is 3.14 bits per heavy atom. The van der Waals surface area contributed by atoms with Crippen LogP contribution in [0.3, 0.4) is 0 Å². The predicted octanol–water partition coefficient (Wildman–Crippen LogP) is 2.16. The molecular formula is C14H14N4O2S. The number of aryl methyl sites for hydroxylation is 1. The highest BCUT2D eigenvalue weighted by Gasteiger charge is 2.16. The minimum absolute atomic E-state index is 0.241. The summed E-state index contributed by atoms with van der Waals surface area (Å²) in [5.41, 5.74) is 2.83. The largest absolute Gasteiger partial charge is 0.454 e. The van der Waals surface area contributed by atoms with E-state index in [1.54, 1.807) is 17.5 Å². The Bertz CT molecular complexity index is 758. The first kappa shape index (κ1) is 13.6. The summed E-state index contributed by atoms with van der Waals surface area (Å²) in [4.78, 5) is 17.0. The van der Waals surface area contributed by atoms with Crippen molar-refractivity contribution in [1.29, 1.82) is 0 Å². The minimum Gasteiger partial charge on any atom is -0.454 e. The van der Waals surface area contributed by atoms with Gasteiger partial charge in [0, 0.05) is 18.0 Å². The first-order valence-corrected chi connectivity index (χ1v) is 7.22. The molecule has 0 atom stereocenters. The van der Waals surface area contributed by atoms with E-state index in [2.05, 4.69) is 10.4 Å². The molecular weight excluding hydrogens is 288 g/mol.